The molecule has 1 aliphatic rings. The van der Waals surface area contributed by atoms with Gasteiger partial charge in [-0.3, -0.25) is 4.79 Å². The number of carbonyl (C=O) groups is 1. The Morgan fingerprint density at radius 1 is 1.16 bits per heavy atom. The molecule has 98 valence electrons. The molecule has 3 heteroatoms. The Labute approximate surface area is 113 Å². The quantitative estimate of drug-likeness (QED) is 0.897. The smallest absolute Gasteiger partial charge is 0.223 e. The molecule has 0 spiro atoms. The van der Waals surface area contributed by atoms with Crippen molar-refractivity contribution in [3.8, 4) is 0 Å². The molecule has 2 aromatic rings. The molecule has 1 aliphatic heterocycles. The highest BCUT2D eigenvalue weighted by Crippen LogP contribution is 2.19. The van der Waals surface area contributed by atoms with Crippen LogP contribution in [0.25, 0.3) is 0 Å². The van der Waals surface area contributed by atoms with Crippen LogP contribution < -0.4 is 0 Å². The highest BCUT2D eigenvalue weighted by molar-refractivity contribution is 5.76. The molecule has 19 heavy (non-hydrogen) atoms. The number of hydrogen-bond acceptors (Lipinski definition) is 1. The van der Waals surface area contributed by atoms with Gasteiger partial charge in [0.25, 0.3) is 0 Å². The normalized spacial score (nSPS) is 14.2. The Hall–Kier alpha value is -2.03. The zero-order chi connectivity index (χ0) is 13.1. The highest BCUT2D eigenvalue weighted by Gasteiger charge is 2.19. The van der Waals surface area contributed by atoms with Crippen molar-refractivity contribution in [3.63, 3.8) is 0 Å². The van der Waals surface area contributed by atoms with Crippen molar-refractivity contribution in [1.82, 2.24) is 9.88 Å². The maximum Gasteiger partial charge on any atom is 0.223 e. The van der Waals surface area contributed by atoms with Gasteiger partial charge in [0, 0.05) is 31.4 Å². The van der Waals surface area contributed by atoms with Gasteiger partial charge < -0.3 is 9.88 Å². The second-order valence-corrected chi connectivity index (χ2v) is 5.03. The van der Waals surface area contributed by atoms with Crippen molar-refractivity contribution in [1.29, 1.82) is 0 Å². The lowest BCUT2D eigenvalue weighted by Crippen LogP contribution is -2.36. The number of amides is 1. The number of rotatable bonds is 3. The molecule has 0 saturated heterocycles. The maximum absolute atomic E-state index is 12.2. The van der Waals surface area contributed by atoms with E-state index in [0.29, 0.717) is 6.42 Å². The Balaban J connectivity index is 1.60. The van der Waals surface area contributed by atoms with Crippen molar-refractivity contribution in [2.75, 3.05) is 6.54 Å². The molecule has 1 amide bonds. The minimum Gasteiger partial charge on any atom is -0.365 e. The van der Waals surface area contributed by atoms with E-state index in [1.807, 2.05) is 29.3 Å². The first kappa shape index (κ1) is 12.0. The Kier molecular flexibility index (Phi) is 3.36. The number of hydrogen-bond donors (Lipinski definition) is 1. The Morgan fingerprint density at radius 2 is 2.00 bits per heavy atom. The van der Waals surface area contributed by atoms with Crippen LogP contribution in [-0.4, -0.2) is 22.3 Å². The van der Waals surface area contributed by atoms with E-state index in [1.165, 1.54) is 11.1 Å². The summed E-state index contributed by atoms with van der Waals surface area (Å²) in [5.41, 5.74) is 3.81. The first-order valence-electron chi connectivity index (χ1n) is 6.80. The summed E-state index contributed by atoms with van der Waals surface area (Å²) in [7, 11) is 0. The number of aryl methyl sites for hydroxylation is 1. The average molecular weight is 254 g/mol. The van der Waals surface area contributed by atoms with Crippen molar-refractivity contribution >= 4 is 5.91 Å². The third kappa shape index (κ3) is 2.70. The molecule has 0 aliphatic carbocycles. The predicted octanol–water partition coefficient (Wildman–Crippen LogP) is 2.53. The van der Waals surface area contributed by atoms with Gasteiger partial charge in [-0.05, 0) is 36.1 Å². The molecule has 1 aromatic carbocycles. The number of carbonyl (C=O) groups excluding carboxylic acids is 1. The number of nitrogens with one attached hydrogen (secondary N) is 1. The summed E-state index contributed by atoms with van der Waals surface area (Å²) in [4.78, 5) is 17.3. The molecule has 0 fully saturated rings. The molecule has 0 atom stereocenters. The molecule has 0 radical (unpaired) electrons. The molecule has 0 unspecified atom stereocenters. The number of benzene rings is 1. The zero-order valence-electron chi connectivity index (χ0n) is 10.9. The summed E-state index contributed by atoms with van der Waals surface area (Å²) in [6, 6.07) is 12.4. The van der Waals surface area contributed by atoms with Crippen molar-refractivity contribution in [3.05, 3.63) is 59.4 Å². The van der Waals surface area contributed by atoms with Crippen LogP contribution in [0.2, 0.25) is 0 Å². The van der Waals surface area contributed by atoms with Crippen molar-refractivity contribution in [2.24, 2.45) is 0 Å². The second kappa shape index (κ2) is 5.31. The van der Waals surface area contributed by atoms with E-state index in [9.17, 15) is 4.79 Å². The fourth-order valence-corrected chi connectivity index (χ4v) is 2.63. The third-order valence-corrected chi connectivity index (χ3v) is 3.75. The lowest BCUT2D eigenvalue weighted by atomic mass is 9.99. The van der Waals surface area contributed by atoms with E-state index in [1.54, 1.807) is 0 Å². The molecule has 2 heterocycles. The van der Waals surface area contributed by atoms with Gasteiger partial charge in [-0.2, -0.15) is 0 Å². The van der Waals surface area contributed by atoms with Gasteiger partial charge in [0.2, 0.25) is 5.91 Å². The van der Waals surface area contributed by atoms with Crippen LogP contribution in [-0.2, 0) is 24.2 Å². The lowest BCUT2D eigenvalue weighted by molar-refractivity contribution is -0.132. The fourth-order valence-electron chi connectivity index (χ4n) is 2.63. The van der Waals surface area contributed by atoms with Gasteiger partial charge in [0.15, 0.2) is 0 Å². The number of H-pyrrole nitrogens is 1. The zero-order valence-corrected chi connectivity index (χ0v) is 10.9. The first-order chi connectivity index (χ1) is 9.33. The first-order valence-corrected chi connectivity index (χ1v) is 6.80. The summed E-state index contributed by atoms with van der Waals surface area (Å²) >= 11 is 0. The summed E-state index contributed by atoms with van der Waals surface area (Å²) in [5, 5.41) is 0. The van der Waals surface area contributed by atoms with E-state index in [4.69, 9.17) is 0 Å². The second-order valence-electron chi connectivity index (χ2n) is 5.03. The predicted molar refractivity (Wildman–Crippen MR) is 74.7 cm³/mol. The highest BCUT2D eigenvalue weighted by atomic mass is 16.2. The van der Waals surface area contributed by atoms with Gasteiger partial charge in [-0.25, -0.2) is 0 Å². The van der Waals surface area contributed by atoms with E-state index >= 15 is 0 Å². The van der Waals surface area contributed by atoms with E-state index < -0.39 is 0 Å². The SMILES string of the molecule is O=C(CCc1ccc[nH]1)N1CCc2ccccc2C1. The molecule has 0 saturated carbocycles. The van der Waals surface area contributed by atoms with Crippen molar-refractivity contribution in [2.45, 2.75) is 25.8 Å². The largest absolute Gasteiger partial charge is 0.365 e. The molecule has 0 bridgehead atoms. The van der Waals surface area contributed by atoms with E-state index in [-0.39, 0.29) is 5.91 Å². The Bertz CT molecular complexity index is 560. The van der Waals surface area contributed by atoms with Crippen LogP contribution in [0.1, 0.15) is 23.2 Å². The standard InChI is InChI=1S/C16H18N2O/c19-16(8-7-15-6-3-10-17-15)18-11-9-13-4-1-2-5-14(13)12-18/h1-6,10,17H,7-9,11-12H2. The third-order valence-electron chi connectivity index (χ3n) is 3.75. The summed E-state index contributed by atoms with van der Waals surface area (Å²) < 4.78 is 0. The maximum atomic E-state index is 12.2. The van der Waals surface area contributed by atoms with Crippen LogP contribution in [0.15, 0.2) is 42.6 Å². The topological polar surface area (TPSA) is 36.1 Å². The monoisotopic (exact) mass is 254 g/mol. The number of aromatic amines is 1. The number of nitrogens with zero attached hydrogens (tertiary/aromatic N) is 1. The molecular weight excluding hydrogens is 236 g/mol. The minimum atomic E-state index is 0.254. The molecule has 3 nitrogen and oxygen atoms in total. The van der Waals surface area contributed by atoms with Crippen LogP contribution >= 0.6 is 0 Å². The van der Waals surface area contributed by atoms with Crippen LogP contribution in [0, 0.1) is 0 Å². The van der Waals surface area contributed by atoms with Crippen LogP contribution in [0.5, 0.6) is 0 Å². The van der Waals surface area contributed by atoms with Gasteiger partial charge in [0.05, 0.1) is 0 Å². The summed E-state index contributed by atoms with van der Waals surface area (Å²) in [6.45, 7) is 1.61. The van der Waals surface area contributed by atoms with E-state index in [2.05, 4.69) is 23.2 Å². The van der Waals surface area contributed by atoms with Gasteiger partial charge in [-0.15, -0.1) is 0 Å². The lowest BCUT2D eigenvalue weighted by Gasteiger charge is -2.28. The summed E-state index contributed by atoms with van der Waals surface area (Å²) in [5.74, 6) is 0.254. The van der Waals surface area contributed by atoms with Crippen LogP contribution in [0.4, 0.5) is 0 Å². The van der Waals surface area contributed by atoms with Gasteiger partial charge in [0.1, 0.15) is 0 Å². The number of aromatic nitrogens is 1. The average Bonchev–Trinajstić information content (AvgIpc) is 2.97. The van der Waals surface area contributed by atoms with E-state index in [0.717, 1.165) is 31.6 Å². The number of fused-ring (bicyclic) bond motifs is 1. The molecular formula is C16H18N2O. The molecule has 1 N–H and O–H groups in total. The van der Waals surface area contributed by atoms with Gasteiger partial charge in [-0.1, -0.05) is 24.3 Å². The summed E-state index contributed by atoms with van der Waals surface area (Å²) in [6.07, 6.45) is 4.26. The fraction of sp³-hybridized carbons (Fsp3) is 0.312. The molecule has 3 rings (SSSR count). The minimum absolute atomic E-state index is 0.254. The van der Waals surface area contributed by atoms with Crippen molar-refractivity contribution < 1.29 is 4.79 Å². The molecule has 1 aromatic heterocycles. The Morgan fingerprint density at radius 3 is 2.79 bits per heavy atom. The van der Waals surface area contributed by atoms with Crippen LogP contribution in [0.3, 0.4) is 0 Å². The van der Waals surface area contributed by atoms with Gasteiger partial charge >= 0.3 is 0 Å².